The Labute approximate surface area is 141 Å². The van der Waals surface area contributed by atoms with Crippen LogP contribution < -0.4 is 0 Å². The Kier molecular flexibility index (Phi) is 4.64. The number of hydrogen-bond acceptors (Lipinski definition) is 4. The lowest BCUT2D eigenvalue weighted by Gasteiger charge is -2.35. The standard InChI is InChI=1S/C18H21N3O3/c1-3-20(4-2)17(22)14-12-21(18(23)15-8-6-10-24-15)11-13-7-5-9-19-16(13)14/h5-10,14H,3-4,11-12H2,1-2H3. The molecule has 2 aromatic rings. The molecule has 2 amide bonds. The van der Waals surface area contributed by atoms with Gasteiger partial charge in [-0.05, 0) is 37.6 Å². The van der Waals surface area contributed by atoms with Crippen molar-refractivity contribution in [2.45, 2.75) is 26.3 Å². The Morgan fingerprint density at radius 2 is 2.08 bits per heavy atom. The van der Waals surface area contributed by atoms with E-state index in [2.05, 4.69) is 4.98 Å². The van der Waals surface area contributed by atoms with Crippen LogP contribution in [0.3, 0.4) is 0 Å². The van der Waals surface area contributed by atoms with Crippen LogP contribution >= 0.6 is 0 Å². The lowest BCUT2D eigenvalue weighted by Crippen LogP contribution is -2.45. The molecule has 2 aromatic heterocycles. The maximum atomic E-state index is 12.9. The van der Waals surface area contributed by atoms with Crippen LogP contribution in [-0.4, -0.2) is 46.2 Å². The minimum Gasteiger partial charge on any atom is -0.459 e. The Balaban J connectivity index is 1.93. The molecule has 6 heteroatoms. The topological polar surface area (TPSA) is 66.7 Å². The van der Waals surface area contributed by atoms with Gasteiger partial charge in [-0.3, -0.25) is 14.6 Å². The lowest BCUT2D eigenvalue weighted by molar-refractivity contribution is -0.133. The highest BCUT2D eigenvalue weighted by molar-refractivity contribution is 5.93. The molecule has 6 nitrogen and oxygen atoms in total. The molecule has 1 aliphatic rings. The zero-order chi connectivity index (χ0) is 17.1. The lowest BCUT2D eigenvalue weighted by atomic mass is 9.93. The second-order valence-corrected chi connectivity index (χ2v) is 5.77. The normalized spacial score (nSPS) is 16.6. The highest BCUT2D eigenvalue weighted by atomic mass is 16.3. The smallest absolute Gasteiger partial charge is 0.289 e. The maximum Gasteiger partial charge on any atom is 0.289 e. The van der Waals surface area contributed by atoms with Gasteiger partial charge < -0.3 is 14.2 Å². The number of likely N-dealkylation sites (N-methyl/N-ethyl adjacent to an activating group) is 1. The van der Waals surface area contributed by atoms with Gasteiger partial charge in [0.05, 0.1) is 17.9 Å². The fraction of sp³-hybridized carbons (Fsp3) is 0.389. The Bertz CT molecular complexity index is 723. The van der Waals surface area contributed by atoms with Gasteiger partial charge >= 0.3 is 0 Å². The van der Waals surface area contributed by atoms with Crippen LogP contribution in [0.15, 0.2) is 41.1 Å². The molecule has 1 aliphatic heterocycles. The number of carbonyl (C=O) groups is 2. The summed E-state index contributed by atoms with van der Waals surface area (Å²) in [6.07, 6.45) is 3.18. The molecule has 0 bridgehead atoms. The van der Waals surface area contributed by atoms with Crippen molar-refractivity contribution in [2.75, 3.05) is 19.6 Å². The van der Waals surface area contributed by atoms with Gasteiger partial charge in [0.2, 0.25) is 5.91 Å². The molecule has 0 aromatic carbocycles. The Morgan fingerprint density at radius 3 is 2.75 bits per heavy atom. The second-order valence-electron chi connectivity index (χ2n) is 5.77. The first kappa shape index (κ1) is 16.2. The summed E-state index contributed by atoms with van der Waals surface area (Å²) in [4.78, 5) is 33.4. The number of fused-ring (bicyclic) bond motifs is 1. The summed E-state index contributed by atoms with van der Waals surface area (Å²) in [7, 11) is 0. The van der Waals surface area contributed by atoms with Crippen LogP contribution in [0.25, 0.3) is 0 Å². The SMILES string of the molecule is CCN(CC)C(=O)C1CN(C(=O)c2ccco2)Cc2cccnc21. The summed E-state index contributed by atoms with van der Waals surface area (Å²) in [6.45, 7) is 5.94. The number of amides is 2. The minimum atomic E-state index is -0.436. The molecule has 0 saturated heterocycles. The highest BCUT2D eigenvalue weighted by Crippen LogP contribution is 2.29. The van der Waals surface area contributed by atoms with E-state index in [9.17, 15) is 9.59 Å². The molecule has 0 fully saturated rings. The van der Waals surface area contributed by atoms with E-state index >= 15 is 0 Å². The molecule has 3 heterocycles. The van der Waals surface area contributed by atoms with Crippen LogP contribution in [0.4, 0.5) is 0 Å². The largest absolute Gasteiger partial charge is 0.459 e. The summed E-state index contributed by atoms with van der Waals surface area (Å²) >= 11 is 0. The van der Waals surface area contributed by atoms with Crippen LogP contribution in [-0.2, 0) is 11.3 Å². The quantitative estimate of drug-likeness (QED) is 0.864. The van der Waals surface area contributed by atoms with E-state index in [4.69, 9.17) is 4.42 Å². The van der Waals surface area contributed by atoms with E-state index < -0.39 is 5.92 Å². The number of carbonyl (C=O) groups excluding carboxylic acids is 2. The van der Waals surface area contributed by atoms with E-state index in [0.29, 0.717) is 26.2 Å². The zero-order valence-corrected chi connectivity index (χ0v) is 13.9. The first-order valence-electron chi connectivity index (χ1n) is 8.21. The van der Waals surface area contributed by atoms with Crippen molar-refractivity contribution >= 4 is 11.8 Å². The van der Waals surface area contributed by atoms with Crippen molar-refractivity contribution in [1.82, 2.24) is 14.8 Å². The molecule has 24 heavy (non-hydrogen) atoms. The summed E-state index contributed by atoms with van der Waals surface area (Å²) in [6, 6.07) is 7.08. The first-order valence-corrected chi connectivity index (χ1v) is 8.21. The minimum absolute atomic E-state index is 0.0110. The van der Waals surface area contributed by atoms with Gasteiger partial charge in [0.25, 0.3) is 5.91 Å². The second kappa shape index (κ2) is 6.86. The first-order chi connectivity index (χ1) is 11.7. The van der Waals surface area contributed by atoms with Gasteiger partial charge in [0.15, 0.2) is 5.76 Å². The van der Waals surface area contributed by atoms with Crippen molar-refractivity contribution in [3.05, 3.63) is 53.7 Å². The average Bonchev–Trinajstić information content (AvgIpc) is 3.15. The molecule has 3 rings (SSSR count). The molecule has 126 valence electrons. The maximum absolute atomic E-state index is 12.9. The molecule has 0 saturated carbocycles. The number of hydrogen-bond donors (Lipinski definition) is 0. The third kappa shape index (κ3) is 2.91. The number of furan rings is 1. The summed E-state index contributed by atoms with van der Waals surface area (Å²) in [5.41, 5.74) is 1.69. The van der Waals surface area contributed by atoms with Crippen molar-refractivity contribution in [2.24, 2.45) is 0 Å². The number of rotatable bonds is 4. The predicted octanol–water partition coefficient (Wildman–Crippen LogP) is 2.28. The zero-order valence-electron chi connectivity index (χ0n) is 13.9. The third-order valence-electron chi connectivity index (χ3n) is 4.41. The number of aromatic nitrogens is 1. The Morgan fingerprint density at radius 1 is 1.29 bits per heavy atom. The average molecular weight is 327 g/mol. The van der Waals surface area contributed by atoms with Gasteiger partial charge in [-0.1, -0.05) is 6.07 Å². The fourth-order valence-electron chi connectivity index (χ4n) is 3.14. The van der Waals surface area contributed by atoms with E-state index in [1.54, 1.807) is 28.1 Å². The van der Waals surface area contributed by atoms with Crippen LogP contribution in [0.5, 0.6) is 0 Å². The third-order valence-corrected chi connectivity index (χ3v) is 4.41. The predicted molar refractivity (Wildman–Crippen MR) is 88.4 cm³/mol. The molecular formula is C18H21N3O3. The van der Waals surface area contributed by atoms with Crippen molar-refractivity contribution in [1.29, 1.82) is 0 Å². The van der Waals surface area contributed by atoms with Gasteiger partial charge in [-0.15, -0.1) is 0 Å². The molecule has 0 aliphatic carbocycles. The van der Waals surface area contributed by atoms with Crippen LogP contribution in [0.2, 0.25) is 0 Å². The molecule has 1 unspecified atom stereocenters. The fourth-order valence-corrected chi connectivity index (χ4v) is 3.14. The molecule has 0 radical (unpaired) electrons. The highest BCUT2D eigenvalue weighted by Gasteiger charge is 2.36. The van der Waals surface area contributed by atoms with Crippen molar-refractivity contribution in [3.63, 3.8) is 0 Å². The van der Waals surface area contributed by atoms with Gasteiger partial charge in [0.1, 0.15) is 0 Å². The van der Waals surface area contributed by atoms with Crippen molar-refractivity contribution < 1.29 is 14.0 Å². The van der Waals surface area contributed by atoms with Crippen LogP contribution in [0.1, 0.15) is 41.6 Å². The number of nitrogens with zero attached hydrogens (tertiary/aromatic N) is 3. The molecule has 1 atom stereocenters. The summed E-state index contributed by atoms with van der Waals surface area (Å²) in [5, 5.41) is 0. The molecule has 0 N–H and O–H groups in total. The Hall–Kier alpha value is -2.63. The van der Waals surface area contributed by atoms with Gasteiger partial charge in [-0.25, -0.2) is 0 Å². The van der Waals surface area contributed by atoms with Crippen molar-refractivity contribution in [3.8, 4) is 0 Å². The van der Waals surface area contributed by atoms with E-state index in [0.717, 1.165) is 11.3 Å². The molecular weight excluding hydrogens is 306 g/mol. The molecule has 0 spiro atoms. The van der Waals surface area contributed by atoms with Crippen LogP contribution in [0, 0.1) is 0 Å². The van der Waals surface area contributed by atoms with E-state index in [1.807, 2.05) is 26.0 Å². The van der Waals surface area contributed by atoms with Gasteiger partial charge in [0, 0.05) is 32.4 Å². The summed E-state index contributed by atoms with van der Waals surface area (Å²) < 4.78 is 5.22. The van der Waals surface area contributed by atoms with E-state index in [-0.39, 0.29) is 17.6 Å². The van der Waals surface area contributed by atoms with Gasteiger partial charge in [-0.2, -0.15) is 0 Å². The van der Waals surface area contributed by atoms with E-state index in [1.165, 1.54) is 6.26 Å². The summed E-state index contributed by atoms with van der Waals surface area (Å²) in [5.74, 6) is -0.339. The monoisotopic (exact) mass is 327 g/mol. The number of pyridine rings is 1.